The fourth-order valence-electron chi connectivity index (χ4n) is 5.37. The summed E-state index contributed by atoms with van der Waals surface area (Å²) in [5.41, 5.74) is 0. The average Bonchev–Trinajstić information content (AvgIpc) is 2.98. The molecule has 0 aromatic heterocycles. The first-order valence-electron chi connectivity index (χ1n) is 18.3. The molecule has 8 nitrogen and oxygen atoms in total. The molecule has 0 aliphatic carbocycles. The third kappa shape index (κ3) is 38.4. The molecule has 0 rings (SSSR count). The molecule has 0 aliphatic heterocycles. The number of phosphoric ester groups is 1. The van der Waals surface area contributed by atoms with E-state index in [1.54, 1.807) is 0 Å². The average molecular weight is 671 g/mol. The topological polar surface area (TPSA) is 122 Å². The van der Waals surface area contributed by atoms with Crippen LogP contribution in [0.25, 0.3) is 0 Å². The van der Waals surface area contributed by atoms with Gasteiger partial charge in [-0.05, 0) is 12.8 Å². The van der Waals surface area contributed by atoms with Crippen molar-refractivity contribution in [3.63, 3.8) is 0 Å². The largest absolute Gasteiger partial charge is 1.00 e. The van der Waals surface area contributed by atoms with E-state index in [-0.39, 0.29) is 49.0 Å². The molecule has 0 bridgehead atoms. The van der Waals surface area contributed by atoms with Crippen LogP contribution in [0.1, 0.15) is 194 Å². The van der Waals surface area contributed by atoms with Crippen LogP contribution in [0.15, 0.2) is 0 Å². The molecular weight excluding hydrogens is 602 g/mol. The second-order valence-corrected chi connectivity index (χ2v) is 13.7. The molecule has 0 fully saturated rings. The predicted octanol–water partition coefficient (Wildman–Crippen LogP) is 6.89. The molecule has 0 aromatic rings. The van der Waals surface area contributed by atoms with E-state index in [2.05, 4.69) is 18.4 Å². The quantitative estimate of drug-likeness (QED) is 0.0340. The second-order valence-electron chi connectivity index (χ2n) is 12.5. The van der Waals surface area contributed by atoms with Gasteiger partial charge >= 0.3 is 41.5 Å². The summed E-state index contributed by atoms with van der Waals surface area (Å²) >= 11 is 0. The molecule has 0 aromatic carbocycles. The third-order valence-corrected chi connectivity index (χ3v) is 8.60. The second kappa shape index (κ2) is 35.4. The van der Waals surface area contributed by atoms with Gasteiger partial charge in [-0.2, -0.15) is 0 Å². The van der Waals surface area contributed by atoms with Crippen molar-refractivity contribution in [2.24, 2.45) is 0 Å². The Morgan fingerprint density at radius 3 is 1.20 bits per heavy atom. The Kier molecular flexibility index (Phi) is 37.1. The Hall–Kier alpha value is 0.0500. The first-order valence-corrected chi connectivity index (χ1v) is 19.8. The number of hydrogen-bond donors (Lipinski definition) is 1. The van der Waals surface area contributed by atoms with Crippen molar-refractivity contribution < 1.29 is 67.5 Å². The van der Waals surface area contributed by atoms with Crippen molar-refractivity contribution in [3.8, 4) is 0 Å². The molecule has 0 saturated carbocycles. The Bertz CT molecular complexity index is 703. The van der Waals surface area contributed by atoms with Crippen LogP contribution in [0, 0.1) is 0 Å². The van der Waals surface area contributed by atoms with E-state index in [0.29, 0.717) is 6.42 Å². The van der Waals surface area contributed by atoms with Crippen LogP contribution in [0.5, 0.6) is 0 Å². The zero-order valence-corrected chi connectivity index (χ0v) is 32.4. The van der Waals surface area contributed by atoms with Gasteiger partial charge in [-0.15, -0.1) is 0 Å². The molecular formula is C35H68NaO8P. The van der Waals surface area contributed by atoms with Crippen LogP contribution in [0.3, 0.4) is 0 Å². The summed E-state index contributed by atoms with van der Waals surface area (Å²) in [5.74, 6) is -0.909. The minimum atomic E-state index is -4.99. The van der Waals surface area contributed by atoms with Crippen molar-refractivity contribution in [3.05, 3.63) is 0 Å². The molecule has 2 atom stereocenters. The van der Waals surface area contributed by atoms with E-state index in [9.17, 15) is 19.0 Å². The molecule has 0 radical (unpaired) electrons. The van der Waals surface area contributed by atoms with Gasteiger partial charge in [0, 0.05) is 12.8 Å². The molecule has 45 heavy (non-hydrogen) atoms. The summed E-state index contributed by atoms with van der Waals surface area (Å²) in [6.45, 7) is 3.59. The number of hydrogen-bond acceptors (Lipinski definition) is 7. The van der Waals surface area contributed by atoms with Gasteiger partial charge in [-0.3, -0.25) is 14.2 Å². The van der Waals surface area contributed by atoms with Crippen LogP contribution in [0.4, 0.5) is 0 Å². The first-order chi connectivity index (χ1) is 21.3. The van der Waals surface area contributed by atoms with Gasteiger partial charge in [-0.1, -0.05) is 168 Å². The number of carbonyl (C=O) groups excluding carboxylic acids is 2. The molecule has 262 valence electrons. The normalized spacial score (nSPS) is 13.2. The number of ether oxygens (including phenoxy) is 2. The maximum Gasteiger partial charge on any atom is 1.00 e. The monoisotopic (exact) mass is 670 g/mol. The van der Waals surface area contributed by atoms with E-state index in [4.69, 9.17) is 14.4 Å². The summed E-state index contributed by atoms with van der Waals surface area (Å²) in [7, 11) is -4.99. The minimum Gasteiger partial charge on any atom is -0.756 e. The Labute approximate surface area is 298 Å². The molecule has 1 unspecified atom stereocenters. The van der Waals surface area contributed by atoms with Crippen molar-refractivity contribution in [1.82, 2.24) is 0 Å². The van der Waals surface area contributed by atoms with Gasteiger partial charge in [0.05, 0.1) is 6.61 Å². The number of carbonyl (C=O) groups is 2. The van der Waals surface area contributed by atoms with Crippen LogP contribution >= 0.6 is 7.82 Å². The van der Waals surface area contributed by atoms with Gasteiger partial charge < -0.3 is 23.8 Å². The van der Waals surface area contributed by atoms with E-state index < -0.39 is 32.5 Å². The Morgan fingerprint density at radius 1 is 0.556 bits per heavy atom. The summed E-state index contributed by atoms with van der Waals surface area (Å²) < 4.78 is 26.0. The zero-order chi connectivity index (χ0) is 32.6. The minimum absolute atomic E-state index is 0. The van der Waals surface area contributed by atoms with E-state index in [1.165, 1.54) is 122 Å². The molecule has 1 N–H and O–H groups in total. The van der Waals surface area contributed by atoms with Crippen molar-refractivity contribution in [2.75, 3.05) is 13.2 Å². The maximum atomic E-state index is 12.3. The fraction of sp³-hybridized carbons (Fsp3) is 0.943. The van der Waals surface area contributed by atoms with E-state index in [1.807, 2.05) is 0 Å². The Balaban J connectivity index is 0. The van der Waals surface area contributed by atoms with E-state index >= 15 is 0 Å². The molecule has 0 spiro atoms. The first kappa shape index (κ1) is 47.2. The maximum absolute atomic E-state index is 12.3. The number of esters is 2. The molecule has 0 amide bonds. The van der Waals surface area contributed by atoms with Gasteiger partial charge in [0.1, 0.15) is 6.61 Å². The molecule has 0 aliphatic rings. The predicted molar refractivity (Wildman–Crippen MR) is 177 cm³/mol. The Morgan fingerprint density at radius 2 is 0.867 bits per heavy atom. The number of phosphoric acid groups is 1. The van der Waals surface area contributed by atoms with Crippen molar-refractivity contribution in [2.45, 2.75) is 200 Å². The third-order valence-electron chi connectivity index (χ3n) is 8.12. The fourth-order valence-corrected chi connectivity index (χ4v) is 5.73. The van der Waals surface area contributed by atoms with Crippen LogP contribution in [-0.4, -0.2) is 36.1 Å². The van der Waals surface area contributed by atoms with Crippen LogP contribution < -0.4 is 34.5 Å². The standard InChI is InChI=1S/C35H69O8P.Na/c1-3-5-7-9-11-13-15-17-19-21-23-25-27-29-34(36)41-31-33(32-42-44(38,39)40)43-35(37)30-28-26-24-22-20-18-16-14-12-10-8-6-4-2;/h33H,3-32H2,1-2H3,(H2,38,39,40);/q;+1/p-1/t33-;/m0./s1. The molecule has 0 heterocycles. The van der Waals surface area contributed by atoms with Crippen molar-refractivity contribution in [1.29, 1.82) is 0 Å². The summed E-state index contributed by atoms with van der Waals surface area (Å²) in [4.78, 5) is 44.4. The van der Waals surface area contributed by atoms with Gasteiger partial charge in [0.2, 0.25) is 0 Å². The van der Waals surface area contributed by atoms with Gasteiger partial charge in [-0.25, -0.2) is 0 Å². The smallest absolute Gasteiger partial charge is 0.756 e. The van der Waals surface area contributed by atoms with Gasteiger partial charge in [0.15, 0.2) is 6.10 Å². The zero-order valence-electron chi connectivity index (χ0n) is 29.5. The van der Waals surface area contributed by atoms with Crippen molar-refractivity contribution >= 4 is 19.8 Å². The van der Waals surface area contributed by atoms with Crippen LogP contribution in [-0.2, 0) is 28.2 Å². The van der Waals surface area contributed by atoms with Crippen LogP contribution in [0.2, 0.25) is 0 Å². The summed E-state index contributed by atoms with van der Waals surface area (Å²) in [5, 5.41) is 0. The molecule has 10 heteroatoms. The van der Waals surface area contributed by atoms with Gasteiger partial charge in [0.25, 0.3) is 7.82 Å². The van der Waals surface area contributed by atoms with E-state index in [0.717, 1.165) is 38.5 Å². The number of unbranched alkanes of at least 4 members (excludes halogenated alkanes) is 24. The summed E-state index contributed by atoms with van der Waals surface area (Å²) in [6.07, 6.45) is 30.8. The summed E-state index contributed by atoms with van der Waals surface area (Å²) in [6, 6.07) is 0. The number of rotatable bonds is 34. The molecule has 0 saturated heterocycles. The SMILES string of the molecule is CCCCCCCCCCCCCCCC(=O)OC[C@@H](COP(=O)([O-])O)OC(=O)CCCCCCCCCCCCCCC.[Na+].